The molecule has 0 unspecified atom stereocenters. The van der Waals surface area contributed by atoms with Crippen LogP contribution in [-0.2, 0) is 24.4 Å². The van der Waals surface area contributed by atoms with Gasteiger partial charge in [0, 0.05) is 39.1 Å². The zero-order valence-corrected chi connectivity index (χ0v) is 18.8. The van der Waals surface area contributed by atoms with E-state index in [1.807, 2.05) is 11.9 Å². The Bertz CT molecular complexity index is 978. The van der Waals surface area contributed by atoms with Crippen LogP contribution in [0.3, 0.4) is 0 Å². The number of piperazine rings is 1. The Kier molecular flexibility index (Phi) is 7.20. The first-order valence-electron chi connectivity index (χ1n) is 9.99. The zero-order valence-electron chi connectivity index (χ0n) is 17.2. The Morgan fingerprint density at radius 2 is 1.81 bits per heavy atom. The average molecular weight is 472 g/mol. The first-order chi connectivity index (χ1) is 14.6. The SMILES string of the molecule is CN1CCN(C(=O)[C@@H](NS(=O)(=O)c2cccc(N3CCCCC3=O)c2Cl)C(N)=O)CC1. The maximum atomic E-state index is 13.0. The van der Waals surface area contributed by atoms with Crippen molar-refractivity contribution in [2.75, 3.05) is 44.7 Å². The van der Waals surface area contributed by atoms with Gasteiger partial charge in [0.1, 0.15) is 4.90 Å². The second-order valence-corrected chi connectivity index (χ2v) is 9.74. The van der Waals surface area contributed by atoms with Crippen LogP contribution < -0.4 is 15.4 Å². The standard InChI is InChI=1S/C19H26ClN5O5S/c1-23-9-11-24(12-10-23)19(28)17(18(21)27)22-31(29,30)14-6-4-5-13(16(14)20)25-8-3-2-7-15(25)26/h4-6,17,22H,2-3,7-12H2,1H3,(H2,21,27)/t17-/m0/s1. The Labute approximate surface area is 186 Å². The predicted octanol–water partition coefficient (Wildman–Crippen LogP) is -0.237. The number of amides is 3. The average Bonchev–Trinajstić information content (AvgIpc) is 2.72. The minimum Gasteiger partial charge on any atom is -0.368 e. The van der Waals surface area contributed by atoms with Crippen LogP contribution in [0.25, 0.3) is 0 Å². The maximum absolute atomic E-state index is 13.0. The number of primary amides is 1. The van der Waals surface area contributed by atoms with Crippen molar-refractivity contribution in [1.82, 2.24) is 14.5 Å². The van der Waals surface area contributed by atoms with Crippen molar-refractivity contribution in [2.45, 2.75) is 30.2 Å². The molecule has 3 amide bonds. The van der Waals surface area contributed by atoms with E-state index in [2.05, 4.69) is 4.72 Å². The van der Waals surface area contributed by atoms with Gasteiger partial charge in [0.25, 0.3) is 5.91 Å². The third kappa shape index (κ3) is 5.17. The monoisotopic (exact) mass is 471 g/mol. The number of likely N-dealkylation sites (N-methyl/N-ethyl adjacent to an activating group) is 1. The largest absolute Gasteiger partial charge is 0.368 e. The van der Waals surface area contributed by atoms with E-state index in [1.165, 1.54) is 21.9 Å². The second-order valence-electron chi connectivity index (χ2n) is 7.68. The van der Waals surface area contributed by atoms with Crippen LogP contribution >= 0.6 is 11.6 Å². The highest BCUT2D eigenvalue weighted by Crippen LogP contribution is 2.34. The lowest BCUT2D eigenvalue weighted by atomic mass is 10.1. The van der Waals surface area contributed by atoms with E-state index in [4.69, 9.17) is 17.3 Å². The first-order valence-corrected chi connectivity index (χ1v) is 11.9. The molecule has 1 atom stereocenters. The number of nitrogens with one attached hydrogen (secondary N) is 1. The summed E-state index contributed by atoms with van der Waals surface area (Å²) < 4.78 is 28.2. The number of nitrogens with zero attached hydrogens (tertiary/aromatic N) is 3. The molecule has 0 radical (unpaired) electrons. The topological polar surface area (TPSA) is 133 Å². The molecule has 12 heteroatoms. The lowest BCUT2D eigenvalue weighted by Gasteiger charge is -2.34. The van der Waals surface area contributed by atoms with Crippen LogP contribution in [0.15, 0.2) is 23.1 Å². The van der Waals surface area contributed by atoms with E-state index in [-0.39, 0.29) is 21.5 Å². The molecule has 2 aliphatic rings. The van der Waals surface area contributed by atoms with Crippen molar-refractivity contribution in [3.8, 4) is 0 Å². The van der Waals surface area contributed by atoms with E-state index in [9.17, 15) is 22.8 Å². The molecule has 0 spiro atoms. The summed E-state index contributed by atoms with van der Waals surface area (Å²) in [6.45, 7) is 2.34. The molecule has 3 rings (SSSR count). The van der Waals surface area contributed by atoms with Gasteiger partial charge in [-0.3, -0.25) is 14.4 Å². The van der Waals surface area contributed by atoms with Crippen LogP contribution in [0.1, 0.15) is 19.3 Å². The van der Waals surface area contributed by atoms with E-state index >= 15 is 0 Å². The van der Waals surface area contributed by atoms with Gasteiger partial charge in [-0.1, -0.05) is 17.7 Å². The predicted molar refractivity (Wildman–Crippen MR) is 115 cm³/mol. The van der Waals surface area contributed by atoms with Gasteiger partial charge >= 0.3 is 0 Å². The summed E-state index contributed by atoms with van der Waals surface area (Å²) in [4.78, 5) is 41.5. The Morgan fingerprint density at radius 3 is 2.42 bits per heavy atom. The summed E-state index contributed by atoms with van der Waals surface area (Å²) in [5, 5.41) is -0.152. The molecule has 2 aliphatic heterocycles. The number of anilines is 1. The molecule has 1 aromatic rings. The number of sulfonamides is 1. The maximum Gasteiger partial charge on any atom is 0.250 e. The molecular formula is C19H26ClN5O5S. The highest BCUT2D eigenvalue weighted by Gasteiger charge is 2.36. The van der Waals surface area contributed by atoms with Crippen LogP contribution in [0.2, 0.25) is 5.02 Å². The van der Waals surface area contributed by atoms with Crippen molar-refractivity contribution in [3.63, 3.8) is 0 Å². The third-order valence-electron chi connectivity index (χ3n) is 5.47. The minimum absolute atomic E-state index is 0.143. The lowest BCUT2D eigenvalue weighted by molar-refractivity contribution is -0.138. The Balaban J connectivity index is 1.86. The van der Waals surface area contributed by atoms with Crippen molar-refractivity contribution in [3.05, 3.63) is 23.2 Å². The number of piperidine rings is 1. The molecule has 0 aliphatic carbocycles. The summed E-state index contributed by atoms with van der Waals surface area (Å²) in [6.07, 6.45) is 1.90. The number of nitrogens with two attached hydrogens (primary N) is 1. The third-order valence-corrected chi connectivity index (χ3v) is 7.44. The molecule has 31 heavy (non-hydrogen) atoms. The van der Waals surface area contributed by atoms with Crippen molar-refractivity contribution in [2.24, 2.45) is 5.73 Å². The quantitative estimate of drug-likeness (QED) is 0.550. The fourth-order valence-corrected chi connectivity index (χ4v) is 5.42. The van der Waals surface area contributed by atoms with Gasteiger partial charge in [-0.2, -0.15) is 4.72 Å². The van der Waals surface area contributed by atoms with Gasteiger partial charge in [0.05, 0.1) is 10.7 Å². The summed E-state index contributed by atoms with van der Waals surface area (Å²) >= 11 is 6.37. The summed E-state index contributed by atoms with van der Waals surface area (Å²) in [6, 6.07) is 2.51. The van der Waals surface area contributed by atoms with E-state index in [1.54, 1.807) is 6.07 Å². The molecule has 2 fully saturated rings. The van der Waals surface area contributed by atoms with Crippen molar-refractivity contribution < 1.29 is 22.8 Å². The molecule has 0 saturated carbocycles. The van der Waals surface area contributed by atoms with Gasteiger partial charge in [0.2, 0.25) is 21.8 Å². The Morgan fingerprint density at radius 1 is 1.13 bits per heavy atom. The lowest BCUT2D eigenvalue weighted by Crippen LogP contribution is -2.58. The molecule has 2 saturated heterocycles. The number of carbonyl (C=O) groups excluding carboxylic acids is 3. The van der Waals surface area contributed by atoms with Gasteiger partial charge in [-0.25, -0.2) is 8.42 Å². The summed E-state index contributed by atoms with van der Waals surface area (Å²) in [5.41, 5.74) is 5.62. The number of hydrogen-bond donors (Lipinski definition) is 2. The number of rotatable bonds is 6. The normalized spacial score (nSPS) is 19.4. The van der Waals surface area contributed by atoms with Gasteiger partial charge in [0.15, 0.2) is 6.04 Å². The molecule has 10 nitrogen and oxygen atoms in total. The number of benzene rings is 1. The minimum atomic E-state index is -4.39. The van der Waals surface area contributed by atoms with Crippen molar-refractivity contribution >= 4 is 45.0 Å². The fourth-order valence-electron chi connectivity index (χ4n) is 3.63. The fraction of sp³-hybridized carbons (Fsp3) is 0.526. The molecule has 0 bridgehead atoms. The first kappa shape index (κ1) is 23.5. The number of halogens is 1. The van der Waals surface area contributed by atoms with Crippen LogP contribution in [0, 0.1) is 0 Å². The van der Waals surface area contributed by atoms with E-state index < -0.39 is 27.9 Å². The van der Waals surface area contributed by atoms with E-state index in [0.717, 1.165) is 12.8 Å². The summed E-state index contributed by atoms with van der Waals surface area (Å²) in [5.74, 6) is -1.95. The smallest absolute Gasteiger partial charge is 0.250 e. The van der Waals surface area contributed by atoms with Gasteiger partial charge in [-0.05, 0) is 32.0 Å². The zero-order chi connectivity index (χ0) is 22.8. The number of hydrogen-bond acceptors (Lipinski definition) is 6. The highest BCUT2D eigenvalue weighted by molar-refractivity contribution is 7.89. The highest BCUT2D eigenvalue weighted by atomic mass is 35.5. The second kappa shape index (κ2) is 9.51. The molecular weight excluding hydrogens is 446 g/mol. The van der Waals surface area contributed by atoms with E-state index in [0.29, 0.717) is 39.1 Å². The van der Waals surface area contributed by atoms with Gasteiger partial charge < -0.3 is 20.4 Å². The molecule has 3 N–H and O–H groups in total. The number of carbonyl (C=O) groups is 3. The summed E-state index contributed by atoms with van der Waals surface area (Å²) in [7, 11) is -2.49. The Hall–Kier alpha value is -2.21. The molecule has 1 aromatic carbocycles. The van der Waals surface area contributed by atoms with Crippen molar-refractivity contribution in [1.29, 1.82) is 0 Å². The molecule has 0 aromatic heterocycles. The van der Waals surface area contributed by atoms with Crippen LogP contribution in [-0.4, -0.2) is 81.8 Å². The van der Waals surface area contributed by atoms with Crippen LogP contribution in [0.5, 0.6) is 0 Å². The molecule has 2 heterocycles. The van der Waals surface area contributed by atoms with Gasteiger partial charge in [-0.15, -0.1) is 0 Å². The molecule has 170 valence electrons. The van der Waals surface area contributed by atoms with Crippen LogP contribution in [0.4, 0.5) is 5.69 Å².